The van der Waals surface area contributed by atoms with Crippen molar-refractivity contribution in [2.24, 2.45) is 0 Å². The highest BCUT2D eigenvalue weighted by molar-refractivity contribution is 6.05. The van der Waals surface area contributed by atoms with E-state index in [-0.39, 0.29) is 18.4 Å². The lowest BCUT2D eigenvalue weighted by Crippen LogP contribution is -1.13. The zero-order chi connectivity index (χ0) is 4.00. The van der Waals surface area contributed by atoms with E-state index >= 15 is 0 Å². The lowest BCUT2D eigenvalue weighted by atomic mass is 11.3. The first-order valence-electron chi connectivity index (χ1n) is 1.50. The molecular weight excluding hydrogens is 104 g/mol. The lowest BCUT2D eigenvalue weighted by molar-refractivity contribution is 2.40. The maximum atomic E-state index is 3.00. The molecule has 0 fully saturated rings. The molecule has 0 unspecified atom stereocenters. The third kappa shape index (κ3) is 1390. The Hall–Kier alpha value is 0.174. The molecular formula is C4H18Si2. The van der Waals surface area contributed by atoms with Crippen LogP contribution in [-0.4, -0.2) is 21.2 Å². The molecule has 0 N–H and O–H groups in total. The molecule has 0 aromatic rings. The van der Waals surface area contributed by atoms with E-state index < -0.39 is 0 Å². The molecule has 0 amide bonds. The highest BCUT2D eigenvalue weighted by atomic mass is 28.1. The zero-order valence-corrected chi connectivity index (χ0v) is 5.41. The molecule has 0 bridgehead atoms. The van der Waals surface area contributed by atoms with Gasteiger partial charge >= 0.3 is 0 Å². The Labute approximate surface area is 49.1 Å². The zero-order valence-electron chi connectivity index (χ0n) is 3.41. The Morgan fingerprint density at radius 1 is 1.17 bits per heavy atom. The van der Waals surface area contributed by atoms with Gasteiger partial charge in [-0.25, -0.2) is 0 Å². The predicted molar refractivity (Wildman–Crippen MR) is 45.1 cm³/mol. The highest BCUT2D eigenvalue weighted by Crippen LogP contribution is 0.960. The van der Waals surface area contributed by atoms with Crippen molar-refractivity contribution < 1.29 is 0 Å². The average Bonchev–Trinajstić information content (AvgIpc) is 1.50. The summed E-state index contributed by atoms with van der Waals surface area (Å²) in [6, 6.07) is 0. The fraction of sp³-hybridized carbons (Fsp3) is 0.500. The molecule has 0 rings (SSSR count). The smallest absolute Gasteiger partial charge is 0.000585 e. The second-order valence-electron chi connectivity index (χ2n) is 0. The van der Waals surface area contributed by atoms with E-state index in [2.05, 4.69) is 19.7 Å². The summed E-state index contributed by atoms with van der Waals surface area (Å²) in [5.41, 5.74) is 0. The van der Waals surface area contributed by atoms with Crippen molar-refractivity contribution in [3.8, 4) is 0 Å². The molecule has 0 atom stereocenters. The van der Waals surface area contributed by atoms with Gasteiger partial charge in [0.05, 0.1) is 0 Å². The number of rotatable bonds is 0. The molecule has 0 saturated heterocycles. The molecule has 0 aromatic heterocycles. The van der Waals surface area contributed by atoms with Crippen LogP contribution in [0.1, 0.15) is 7.43 Å². The summed E-state index contributed by atoms with van der Waals surface area (Å²) in [4.78, 5) is 0. The van der Waals surface area contributed by atoms with Crippen molar-refractivity contribution in [2.45, 2.75) is 14.0 Å². The third-order valence-electron chi connectivity index (χ3n) is 0. The summed E-state index contributed by atoms with van der Waals surface area (Å²) in [6.45, 7) is 8.14. The van der Waals surface area contributed by atoms with Gasteiger partial charge in [0.25, 0.3) is 0 Å². The SMILES string of the molecule is C.C=C.C[SiH3].[SiH4]. The van der Waals surface area contributed by atoms with Crippen LogP contribution in [0.3, 0.4) is 0 Å². The molecule has 0 aliphatic heterocycles. The Bertz CT molecular complexity index is 5.51. The van der Waals surface area contributed by atoms with Gasteiger partial charge in [-0.15, -0.1) is 13.2 Å². The van der Waals surface area contributed by atoms with Crippen molar-refractivity contribution >= 4 is 21.2 Å². The largest absolute Gasteiger partial charge is 0.106 e. The standard InChI is InChI=1S/C2H4.CH6Si.CH4.H4Si/c2*1-2;;/h1-2H2;1-2H3;2*1H4. The van der Waals surface area contributed by atoms with Crippen molar-refractivity contribution in [1.82, 2.24) is 0 Å². The molecule has 0 aliphatic rings. The quantitative estimate of drug-likeness (QED) is 0.297. The Morgan fingerprint density at radius 2 is 1.17 bits per heavy atom. The van der Waals surface area contributed by atoms with E-state index in [1.165, 1.54) is 10.2 Å². The highest BCUT2D eigenvalue weighted by Gasteiger charge is 0.962. The van der Waals surface area contributed by atoms with Crippen LogP contribution < -0.4 is 0 Å². The monoisotopic (exact) mass is 122 g/mol. The van der Waals surface area contributed by atoms with Gasteiger partial charge in [0, 0.05) is 0 Å². The minimum absolute atomic E-state index is 0. The Balaban J connectivity index is -0.00000000500. The summed E-state index contributed by atoms with van der Waals surface area (Å²) < 4.78 is 0. The molecule has 0 nitrogen and oxygen atoms in total. The van der Waals surface area contributed by atoms with Crippen LogP contribution in [-0.2, 0) is 0 Å². The topological polar surface area (TPSA) is 0 Å². The van der Waals surface area contributed by atoms with Crippen LogP contribution >= 0.6 is 0 Å². The molecule has 2 heteroatoms. The minimum Gasteiger partial charge on any atom is -0.106 e. The van der Waals surface area contributed by atoms with Gasteiger partial charge in [-0.05, 0) is 21.2 Å². The molecule has 0 spiro atoms. The average molecular weight is 122 g/mol. The molecule has 0 aromatic carbocycles. The van der Waals surface area contributed by atoms with Crippen molar-refractivity contribution in [2.75, 3.05) is 0 Å². The van der Waals surface area contributed by atoms with Gasteiger partial charge in [-0.3, -0.25) is 0 Å². The fourth-order valence-corrected chi connectivity index (χ4v) is 0. The third-order valence-corrected chi connectivity index (χ3v) is 0. The maximum Gasteiger partial charge on any atom is -0.000585 e. The Morgan fingerprint density at radius 3 is 1.17 bits per heavy atom. The second kappa shape index (κ2) is 2980. The summed E-state index contributed by atoms with van der Waals surface area (Å²) in [5, 5.41) is 0. The normalized spacial score (nSPS) is 2.17. The predicted octanol–water partition coefficient (Wildman–Crippen LogP) is -0.613. The van der Waals surface area contributed by atoms with Crippen LogP contribution in [0, 0.1) is 0 Å². The first kappa shape index (κ1) is 35.0. The van der Waals surface area contributed by atoms with Crippen LogP contribution in [0.2, 0.25) is 6.55 Å². The van der Waals surface area contributed by atoms with E-state index in [0.717, 1.165) is 0 Å². The number of hydrogen-bond acceptors (Lipinski definition) is 0. The summed E-state index contributed by atoms with van der Waals surface area (Å²) >= 11 is 0. The van der Waals surface area contributed by atoms with Crippen LogP contribution in [0.5, 0.6) is 0 Å². The van der Waals surface area contributed by atoms with E-state index in [1.807, 2.05) is 0 Å². The van der Waals surface area contributed by atoms with Crippen molar-refractivity contribution in [1.29, 1.82) is 0 Å². The maximum absolute atomic E-state index is 3.00. The van der Waals surface area contributed by atoms with Crippen LogP contribution in [0.15, 0.2) is 13.2 Å². The summed E-state index contributed by atoms with van der Waals surface area (Å²) in [7, 11) is 1.31. The fourth-order valence-electron chi connectivity index (χ4n) is 0. The second-order valence-corrected chi connectivity index (χ2v) is 0. The first-order chi connectivity index (χ1) is 2.00. The summed E-state index contributed by atoms with van der Waals surface area (Å²) in [6.07, 6.45) is 0. The first-order valence-corrected chi connectivity index (χ1v) is 3.50. The molecule has 0 saturated carbocycles. The minimum atomic E-state index is 0. The van der Waals surface area contributed by atoms with Crippen molar-refractivity contribution in [3.63, 3.8) is 0 Å². The number of hydrogen-bond donors (Lipinski definition) is 0. The molecule has 42 valence electrons. The molecule has 6 heavy (non-hydrogen) atoms. The van der Waals surface area contributed by atoms with Gasteiger partial charge in [0.1, 0.15) is 0 Å². The van der Waals surface area contributed by atoms with Gasteiger partial charge in [-0.1, -0.05) is 14.0 Å². The Kier molecular flexibility index (Phi) is 17400. The van der Waals surface area contributed by atoms with Crippen LogP contribution in [0.25, 0.3) is 0 Å². The summed E-state index contributed by atoms with van der Waals surface area (Å²) in [5.74, 6) is 0. The molecule has 0 aliphatic carbocycles. The van der Waals surface area contributed by atoms with E-state index in [9.17, 15) is 0 Å². The van der Waals surface area contributed by atoms with Gasteiger partial charge in [0.15, 0.2) is 0 Å². The molecule has 0 heterocycles. The lowest BCUT2D eigenvalue weighted by Gasteiger charge is -1.04. The van der Waals surface area contributed by atoms with E-state index in [4.69, 9.17) is 0 Å². The van der Waals surface area contributed by atoms with E-state index in [0.29, 0.717) is 0 Å². The van der Waals surface area contributed by atoms with Crippen molar-refractivity contribution in [3.05, 3.63) is 13.2 Å². The van der Waals surface area contributed by atoms with Gasteiger partial charge < -0.3 is 0 Å². The van der Waals surface area contributed by atoms with Crippen LogP contribution in [0.4, 0.5) is 0 Å². The van der Waals surface area contributed by atoms with E-state index in [1.54, 1.807) is 0 Å². The van der Waals surface area contributed by atoms with Gasteiger partial charge in [0.2, 0.25) is 0 Å². The molecule has 0 radical (unpaired) electrons. The van der Waals surface area contributed by atoms with Gasteiger partial charge in [-0.2, -0.15) is 0 Å².